The van der Waals surface area contributed by atoms with E-state index in [2.05, 4.69) is 15.4 Å². The highest BCUT2D eigenvalue weighted by Crippen LogP contribution is 2.30. The molecule has 32 heavy (non-hydrogen) atoms. The molecule has 2 aliphatic rings. The lowest BCUT2D eigenvalue weighted by Crippen LogP contribution is -2.36. The highest BCUT2D eigenvalue weighted by molar-refractivity contribution is 7.89. The number of nitrogens with zero attached hydrogens (tertiary/aromatic N) is 4. The van der Waals surface area contributed by atoms with Crippen molar-refractivity contribution in [1.82, 2.24) is 4.31 Å². The molecule has 0 saturated carbocycles. The molecule has 10 nitrogen and oxygen atoms in total. The number of hydrogen-bond acceptors (Lipinski definition) is 8. The number of anilines is 2. The van der Waals surface area contributed by atoms with Gasteiger partial charge in [-0.2, -0.15) is 9.41 Å². The van der Waals surface area contributed by atoms with Crippen molar-refractivity contribution in [3.05, 3.63) is 58.1 Å². The maximum Gasteiger partial charge on any atom is 0.295 e. The average Bonchev–Trinajstić information content (AvgIpc) is 3.36. The van der Waals surface area contributed by atoms with Gasteiger partial charge in [-0.15, -0.1) is 0 Å². The Morgan fingerprint density at radius 3 is 2.38 bits per heavy atom. The van der Waals surface area contributed by atoms with Crippen LogP contribution in [-0.4, -0.2) is 63.3 Å². The third-order valence-electron chi connectivity index (χ3n) is 5.54. The number of hydrazone groups is 1. The van der Waals surface area contributed by atoms with Crippen LogP contribution in [0.1, 0.15) is 18.4 Å². The van der Waals surface area contributed by atoms with E-state index in [-0.39, 0.29) is 16.3 Å². The second-order valence-electron chi connectivity index (χ2n) is 7.61. The number of rotatable bonds is 7. The van der Waals surface area contributed by atoms with E-state index in [0.29, 0.717) is 26.3 Å². The number of nitro benzene ring substituents is 1. The van der Waals surface area contributed by atoms with E-state index in [9.17, 15) is 18.5 Å². The van der Waals surface area contributed by atoms with Gasteiger partial charge in [0, 0.05) is 37.9 Å². The first-order valence-electron chi connectivity index (χ1n) is 10.5. The van der Waals surface area contributed by atoms with Crippen molar-refractivity contribution in [2.24, 2.45) is 5.10 Å². The fourth-order valence-electron chi connectivity index (χ4n) is 3.76. The first-order chi connectivity index (χ1) is 15.4. The van der Waals surface area contributed by atoms with Crippen molar-refractivity contribution in [1.29, 1.82) is 0 Å². The minimum atomic E-state index is -3.74. The van der Waals surface area contributed by atoms with E-state index in [1.54, 1.807) is 6.21 Å². The van der Waals surface area contributed by atoms with Crippen molar-refractivity contribution in [2.45, 2.75) is 17.7 Å². The topological polar surface area (TPSA) is 117 Å². The molecule has 2 fully saturated rings. The predicted molar refractivity (Wildman–Crippen MR) is 122 cm³/mol. The summed E-state index contributed by atoms with van der Waals surface area (Å²) < 4.78 is 32.1. The van der Waals surface area contributed by atoms with E-state index in [1.165, 1.54) is 16.4 Å². The van der Waals surface area contributed by atoms with Crippen molar-refractivity contribution in [3.63, 3.8) is 0 Å². The molecule has 0 unspecified atom stereocenters. The van der Waals surface area contributed by atoms with E-state index >= 15 is 0 Å². The average molecular weight is 460 g/mol. The Morgan fingerprint density at radius 1 is 1.03 bits per heavy atom. The van der Waals surface area contributed by atoms with Crippen molar-refractivity contribution in [3.8, 4) is 0 Å². The second-order valence-corrected chi connectivity index (χ2v) is 9.55. The zero-order valence-corrected chi connectivity index (χ0v) is 18.3. The number of ether oxygens (including phenoxy) is 1. The summed E-state index contributed by atoms with van der Waals surface area (Å²) in [5, 5.41) is 15.6. The van der Waals surface area contributed by atoms with Crippen LogP contribution in [0.15, 0.2) is 52.5 Å². The van der Waals surface area contributed by atoms with Gasteiger partial charge in [0.15, 0.2) is 0 Å². The van der Waals surface area contributed by atoms with Gasteiger partial charge in [-0.25, -0.2) is 8.42 Å². The molecule has 0 amide bonds. The standard InChI is InChI=1S/C21H25N5O5S/c27-26(28)21-15-19(32(29,30)25-9-1-2-10-25)7-8-20(21)23-22-16-17-3-5-18(6-4-17)24-11-13-31-14-12-24/h3-8,15-16,23H,1-2,9-14H2/b22-16-. The quantitative estimate of drug-likeness (QED) is 0.384. The molecule has 2 aromatic rings. The Morgan fingerprint density at radius 2 is 1.72 bits per heavy atom. The lowest BCUT2D eigenvalue weighted by atomic mass is 10.2. The minimum absolute atomic E-state index is 0.0840. The molecule has 0 spiro atoms. The summed E-state index contributed by atoms with van der Waals surface area (Å²) in [6, 6.07) is 11.6. The molecule has 0 radical (unpaired) electrons. The molecule has 170 valence electrons. The zero-order chi connectivity index (χ0) is 22.6. The highest BCUT2D eigenvalue weighted by atomic mass is 32.2. The Bertz CT molecular complexity index is 1090. The molecule has 2 aromatic carbocycles. The summed E-state index contributed by atoms with van der Waals surface area (Å²) in [6.07, 6.45) is 3.15. The largest absolute Gasteiger partial charge is 0.378 e. The maximum absolute atomic E-state index is 12.7. The number of sulfonamides is 1. The van der Waals surface area contributed by atoms with Crippen LogP contribution >= 0.6 is 0 Å². The van der Waals surface area contributed by atoms with Crippen LogP contribution in [-0.2, 0) is 14.8 Å². The molecule has 2 aliphatic heterocycles. The molecule has 2 heterocycles. The fourth-order valence-corrected chi connectivity index (χ4v) is 5.30. The molecule has 2 saturated heterocycles. The van der Waals surface area contributed by atoms with Crippen molar-refractivity contribution in [2.75, 3.05) is 49.7 Å². The first kappa shape index (κ1) is 22.2. The number of hydrogen-bond donors (Lipinski definition) is 1. The van der Waals surface area contributed by atoms with E-state index in [4.69, 9.17) is 4.74 Å². The van der Waals surface area contributed by atoms with Crippen molar-refractivity contribution >= 4 is 33.3 Å². The molecule has 0 bridgehead atoms. The van der Waals surface area contributed by atoms with Crippen LogP contribution in [0.4, 0.5) is 17.1 Å². The van der Waals surface area contributed by atoms with Crippen molar-refractivity contribution < 1.29 is 18.1 Å². The van der Waals surface area contributed by atoms with Gasteiger partial charge in [0.25, 0.3) is 5.69 Å². The number of nitrogens with one attached hydrogen (secondary N) is 1. The number of nitro groups is 1. The summed E-state index contributed by atoms with van der Waals surface area (Å²) in [5.74, 6) is 0. The monoisotopic (exact) mass is 459 g/mol. The predicted octanol–water partition coefficient (Wildman–Crippen LogP) is 2.66. The molecular formula is C21H25N5O5S. The van der Waals surface area contributed by atoms with Gasteiger partial charge in [0.2, 0.25) is 10.0 Å². The Balaban J connectivity index is 1.46. The Hall–Kier alpha value is -3.02. The van der Waals surface area contributed by atoms with Gasteiger partial charge in [-0.3, -0.25) is 15.5 Å². The third kappa shape index (κ3) is 4.90. The molecule has 0 aliphatic carbocycles. The van der Waals surface area contributed by atoms with Gasteiger partial charge in [0.1, 0.15) is 5.69 Å². The van der Waals surface area contributed by atoms with Gasteiger partial charge >= 0.3 is 0 Å². The van der Waals surface area contributed by atoms with Crippen LogP contribution in [0.25, 0.3) is 0 Å². The summed E-state index contributed by atoms with van der Waals surface area (Å²) >= 11 is 0. The van der Waals surface area contributed by atoms with Gasteiger partial charge in [-0.05, 0) is 42.7 Å². The van der Waals surface area contributed by atoms with Crippen LogP contribution in [0.3, 0.4) is 0 Å². The highest BCUT2D eigenvalue weighted by Gasteiger charge is 2.29. The van der Waals surface area contributed by atoms with Gasteiger partial charge in [-0.1, -0.05) is 12.1 Å². The summed E-state index contributed by atoms with van der Waals surface area (Å²) in [4.78, 5) is 13.1. The van der Waals surface area contributed by atoms with Crippen LogP contribution in [0.2, 0.25) is 0 Å². The molecular weight excluding hydrogens is 434 g/mol. The van der Waals surface area contributed by atoms with Crippen LogP contribution in [0, 0.1) is 10.1 Å². The Labute approximate surface area is 186 Å². The minimum Gasteiger partial charge on any atom is -0.378 e. The van der Waals surface area contributed by atoms with E-state index in [1.807, 2.05) is 24.3 Å². The lowest BCUT2D eigenvalue weighted by molar-refractivity contribution is -0.384. The number of morpholine rings is 1. The zero-order valence-electron chi connectivity index (χ0n) is 17.5. The number of benzene rings is 2. The lowest BCUT2D eigenvalue weighted by Gasteiger charge is -2.28. The Kier molecular flexibility index (Phi) is 6.68. The maximum atomic E-state index is 12.7. The summed E-state index contributed by atoms with van der Waals surface area (Å²) in [5.41, 5.74) is 4.37. The fraction of sp³-hybridized carbons (Fsp3) is 0.381. The summed E-state index contributed by atoms with van der Waals surface area (Å²) in [7, 11) is -3.74. The van der Waals surface area contributed by atoms with Crippen LogP contribution in [0.5, 0.6) is 0 Å². The molecule has 0 atom stereocenters. The van der Waals surface area contributed by atoms with E-state index < -0.39 is 14.9 Å². The third-order valence-corrected chi connectivity index (χ3v) is 7.43. The van der Waals surface area contributed by atoms with Gasteiger partial charge < -0.3 is 9.64 Å². The SMILES string of the molecule is O=[N+]([O-])c1cc(S(=O)(=O)N2CCCC2)ccc1N/N=C\c1ccc(N2CCOCC2)cc1. The smallest absolute Gasteiger partial charge is 0.295 e. The first-order valence-corrected chi connectivity index (χ1v) is 11.9. The van der Waals surface area contributed by atoms with Gasteiger partial charge in [0.05, 0.1) is 29.2 Å². The molecule has 4 rings (SSSR count). The normalized spacial score (nSPS) is 17.7. The molecule has 11 heteroatoms. The second kappa shape index (κ2) is 9.63. The van der Waals surface area contributed by atoms with Crippen LogP contribution < -0.4 is 10.3 Å². The van der Waals surface area contributed by atoms with E-state index in [0.717, 1.165) is 43.2 Å². The molecule has 1 N–H and O–H groups in total. The summed E-state index contributed by atoms with van der Waals surface area (Å²) in [6.45, 7) is 3.99. The molecule has 0 aromatic heterocycles.